The average molecular weight is 255 g/mol. The van der Waals surface area contributed by atoms with Gasteiger partial charge in [0.2, 0.25) is 0 Å². The molecule has 0 fully saturated rings. The molecule has 0 aliphatic heterocycles. The van der Waals surface area contributed by atoms with Gasteiger partial charge in [0.05, 0.1) is 16.8 Å². The van der Waals surface area contributed by atoms with Crippen LogP contribution in [-0.4, -0.2) is 15.0 Å². The maximum atomic E-state index is 4.44. The number of H-pyrrole nitrogens is 1. The van der Waals surface area contributed by atoms with Gasteiger partial charge in [-0.3, -0.25) is 4.98 Å². The van der Waals surface area contributed by atoms with Crippen molar-refractivity contribution in [3.05, 3.63) is 47.2 Å². The van der Waals surface area contributed by atoms with Crippen LogP contribution >= 0.6 is 11.3 Å². The van der Waals surface area contributed by atoms with E-state index in [1.807, 2.05) is 19.2 Å². The highest BCUT2D eigenvalue weighted by molar-refractivity contribution is 7.13. The summed E-state index contributed by atoms with van der Waals surface area (Å²) in [6.07, 6.45) is 3.67. The van der Waals surface area contributed by atoms with Crippen LogP contribution in [0.5, 0.6) is 0 Å². The van der Waals surface area contributed by atoms with E-state index in [1.165, 1.54) is 10.4 Å². The summed E-state index contributed by atoms with van der Waals surface area (Å²) in [7, 11) is 0. The Morgan fingerprint density at radius 3 is 2.83 bits per heavy atom. The Labute approximate surface area is 110 Å². The summed E-state index contributed by atoms with van der Waals surface area (Å²) >= 11 is 1.71. The maximum Gasteiger partial charge on any atom is 0.147 e. The fraction of sp³-hybridized carbons (Fsp3) is 0.143. The van der Waals surface area contributed by atoms with Crippen molar-refractivity contribution >= 4 is 11.3 Å². The zero-order chi connectivity index (χ0) is 12.5. The lowest BCUT2D eigenvalue weighted by molar-refractivity contribution is 1.19. The third kappa shape index (κ3) is 1.95. The Bertz CT molecular complexity index is 682. The molecule has 4 heteroatoms. The van der Waals surface area contributed by atoms with Crippen LogP contribution in [0.3, 0.4) is 0 Å². The van der Waals surface area contributed by atoms with E-state index in [0.29, 0.717) is 0 Å². The number of rotatable bonds is 2. The second-order valence-electron chi connectivity index (χ2n) is 4.27. The highest BCUT2D eigenvalue weighted by Crippen LogP contribution is 2.27. The van der Waals surface area contributed by atoms with E-state index in [0.717, 1.165) is 22.8 Å². The Morgan fingerprint density at radius 1 is 1.22 bits per heavy atom. The second kappa shape index (κ2) is 4.38. The SMILES string of the molecule is Cc1csc(-c2ncc(-c3cccnc3C)[nH]2)c1. The Morgan fingerprint density at radius 2 is 2.11 bits per heavy atom. The summed E-state index contributed by atoms with van der Waals surface area (Å²) in [5.41, 5.74) is 4.40. The summed E-state index contributed by atoms with van der Waals surface area (Å²) in [6.45, 7) is 4.10. The van der Waals surface area contributed by atoms with Gasteiger partial charge in [0.15, 0.2) is 0 Å². The number of thiophene rings is 1. The van der Waals surface area contributed by atoms with Crippen molar-refractivity contribution in [3.63, 3.8) is 0 Å². The quantitative estimate of drug-likeness (QED) is 0.756. The first kappa shape index (κ1) is 11.2. The predicted molar refractivity (Wildman–Crippen MR) is 74.6 cm³/mol. The molecule has 18 heavy (non-hydrogen) atoms. The molecule has 0 aliphatic carbocycles. The van der Waals surface area contributed by atoms with Crippen LogP contribution in [0.2, 0.25) is 0 Å². The van der Waals surface area contributed by atoms with Crippen LogP contribution in [0, 0.1) is 13.8 Å². The molecule has 0 atom stereocenters. The lowest BCUT2D eigenvalue weighted by Gasteiger charge is -2.00. The van der Waals surface area contributed by atoms with Gasteiger partial charge in [-0.2, -0.15) is 0 Å². The number of hydrogen-bond acceptors (Lipinski definition) is 3. The molecule has 0 aliphatic rings. The first-order chi connectivity index (χ1) is 8.74. The molecule has 0 aromatic carbocycles. The van der Waals surface area contributed by atoms with Crippen molar-refractivity contribution in [1.29, 1.82) is 0 Å². The molecule has 3 heterocycles. The molecule has 90 valence electrons. The third-order valence-corrected chi connectivity index (χ3v) is 3.89. The number of nitrogens with zero attached hydrogens (tertiary/aromatic N) is 2. The largest absolute Gasteiger partial charge is 0.337 e. The van der Waals surface area contributed by atoms with Crippen molar-refractivity contribution in [3.8, 4) is 22.0 Å². The number of aromatic amines is 1. The van der Waals surface area contributed by atoms with E-state index in [2.05, 4.69) is 39.4 Å². The lowest BCUT2D eigenvalue weighted by atomic mass is 10.1. The number of aromatic nitrogens is 3. The minimum Gasteiger partial charge on any atom is -0.337 e. The van der Waals surface area contributed by atoms with Crippen molar-refractivity contribution in [2.24, 2.45) is 0 Å². The van der Waals surface area contributed by atoms with Crippen LogP contribution in [0.25, 0.3) is 22.0 Å². The minimum absolute atomic E-state index is 0.923. The zero-order valence-corrected chi connectivity index (χ0v) is 11.1. The predicted octanol–water partition coefficient (Wildman–Crippen LogP) is 3.82. The van der Waals surface area contributed by atoms with Gasteiger partial charge in [-0.1, -0.05) is 0 Å². The van der Waals surface area contributed by atoms with E-state index >= 15 is 0 Å². The molecule has 0 saturated heterocycles. The second-order valence-corrected chi connectivity index (χ2v) is 5.18. The van der Waals surface area contributed by atoms with Gasteiger partial charge in [-0.15, -0.1) is 11.3 Å². The molecular formula is C14H13N3S. The maximum absolute atomic E-state index is 4.44. The van der Waals surface area contributed by atoms with Crippen molar-refractivity contribution in [2.75, 3.05) is 0 Å². The van der Waals surface area contributed by atoms with Crippen LogP contribution in [0.4, 0.5) is 0 Å². The molecule has 0 unspecified atom stereocenters. The van der Waals surface area contributed by atoms with Crippen LogP contribution < -0.4 is 0 Å². The van der Waals surface area contributed by atoms with E-state index in [-0.39, 0.29) is 0 Å². The van der Waals surface area contributed by atoms with Gasteiger partial charge in [-0.25, -0.2) is 4.98 Å². The summed E-state index contributed by atoms with van der Waals surface area (Å²) in [5, 5.41) is 2.13. The molecule has 3 aromatic rings. The number of hydrogen-bond donors (Lipinski definition) is 1. The molecule has 0 amide bonds. The fourth-order valence-electron chi connectivity index (χ4n) is 1.91. The van der Waals surface area contributed by atoms with Gasteiger partial charge < -0.3 is 4.98 Å². The number of pyridine rings is 1. The van der Waals surface area contributed by atoms with Crippen LogP contribution in [0.1, 0.15) is 11.3 Å². The monoisotopic (exact) mass is 255 g/mol. The van der Waals surface area contributed by atoms with Gasteiger partial charge in [0.1, 0.15) is 5.82 Å². The lowest BCUT2D eigenvalue weighted by Crippen LogP contribution is -1.86. The third-order valence-electron chi connectivity index (χ3n) is 2.84. The van der Waals surface area contributed by atoms with Crippen LogP contribution in [0.15, 0.2) is 36.0 Å². The minimum atomic E-state index is 0.923. The normalized spacial score (nSPS) is 10.8. The molecule has 0 saturated carbocycles. The first-order valence-corrected chi connectivity index (χ1v) is 6.64. The van der Waals surface area contributed by atoms with Gasteiger partial charge >= 0.3 is 0 Å². The molecule has 3 nitrogen and oxygen atoms in total. The highest BCUT2D eigenvalue weighted by atomic mass is 32.1. The Balaban J connectivity index is 2.02. The standard InChI is InChI=1S/C14H13N3S/c1-9-6-13(18-8-9)14-16-7-12(17-14)11-4-3-5-15-10(11)2/h3-8H,1-2H3,(H,16,17). The molecule has 0 radical (unpaired) electrons. The number of imidazole rings is 1. The molecule has 0 spiro atoms. The molecule has 0 bridgehead atoms. The number of nitrogens with one attached hydrogen (secondary N) is 1. The summed E-state index contributed by atoms with van der Waals surface area (Å²) in [6, 6.07) is 6.14. The molecule has 1 N–H and O–H groups in total. The molecule has 3 rings (SSSR count). The van der Waals surface area contributed by atoms with E-state index < -0.39 is 0 Å². The Hall–Kier alpha value is -1.94. The molecular weight excluding hydrogens is 242 g/mol. The summed E-state index contributed by atoms with van der Waals surface area (Å²) in [4.78, 5) is 13.3. The summed E-state index contributed by atoms with van der Waals surface area (Å²) < 4.78 is 0. The summed E-state index contributed by atoms with van der Waals surface area (Å²) in [5.74, 6) is 0.923. The topological polar surface area (TPSA) is 41.6 Å². The Kier molecular flexibility index (Phi) is 2.72. The molecule has 3 aromatic heterocycles. The highest BCUT2D eigenvalue weighted by Gasteiger charge is 2.08. The average Bonchev–Trinajstić information content (AvgIpc) is 2.98. The zero-order valence-electron chi connectivity index (χ0n) is 10.3. The van der Waals surface area contributed by atoms with E-state index in [1.54, 1.807) is 17.5 Å². The van der Waals surface area contributed by atoms with Gasteiger partial charge in [0, 0.05) is 17.5 Å². The van der Waals surface area contributed by atoms with E-state index in [9.17, 15) is 0 Å². The fourth-order valence-corrected chi connectivity index (χ4v) is 2.76. The van der Waals surface area contributed by atoms with Gasteiger partial charge in [-0.05, 0) is 43.0 Å². The first-order valence-electron chi connectivity index (χ1n) is 5.76. The smallest absolute Gasteiger partial charge is 0.147 e. The van der Waals surface area contributed by atoms with E-state index in [4.69, 9.17) is 0 Å². The van der Waals surface area contributed by atoms with Crippen molar-refractivity contribution in [1.82, 2.24) is 15.0 Å². The van der Waals surface area contributed by atoms with Crippen molar-refractivity contribution < 1.29 is 0 Å². The van der Waals surface area contributed by atoms with Gasteiger partial charge in [0.25, 0.3) is 0 Å². The number of aryl methyl sites for hydroxylation is 2. The van der Waals surface area contributed by atoms with Crippen molar-refractivity contribution in [2.45, 2.75) is 13.8 Å². The van der Waals surface area contributed by atoms with Crippen LogP contribution in [-0.2, 0) is 0 Å².